The molecule has 1 fully saturated rings. The summed E-state index contributed by atoms with van der Waals surface area (Å²) in [6.45, 7) is 2.81. The minimum atomic E-state index is 0.132. The van der Waals surface area contributed by atoms with Gasteiger partial charge in [0.2, 0.25) is 0 Å². The number of hydrogen-bond acceptors (Lipinski definition) is 4. The number of hydrogen-bond donors (Lipinski definition) is 1. The van der Waals surface area contributed by atoms with Crippen LogP contribution in [0.5, 0.6) is 0 Å². The fourth-order valence-corrected chi connectivity index (χ4v) is 3.32. The molecule has 5 nitrogen and oxygen atoms in total. The third-order valence-electron chi connectivity index (χ3n) is 4.78. The fraction of sp³-hybridized carbons (Fsp3) is 0.353. The van der Waals surface area contributed by atoms with E-state index in [2.05, 4.69) is 16.9 Å². The molecule has 2 aliphatic rings. The molecule has 1 aromatic carbocycles. The number of rotatable bonds is 3. The van der Waals surface area contributed by atoms with Crippen LogP contribution in [0.1, 0.15) is 35.7 Å². The summed E-state index contributed by atoms with van der Waals surface area (Å²) in [4.78, 5) is 22.9. The molecular weight excluding hydrogens is 312 g/mol. The second kappa shape index (κ2) is 5.20. The van der Waals surface area contributed by atoms with E-state index in [1.165, 1.54) is 12.8 Å². The average Bonchev–Trinajstić information content (AvgIpc) is 3.34. The Morgan fingerprint density at radius 1 is 1.39 bits per heavy atom. The molecule has 2 aromatic rings. The molecule has 1 amide bonds. The third kappa shape index (κ3) is 2.45. The second-order valence-corrected chi connectivity index (χ2v) is 6.67. The van der Waals surface area contributed by atoms with Gasteiger partial charge in [0.25, 0.3) is 5.91 Å². The van der Waals surface area contributed by atoms with Crippen LogP contribution in [0.15, 0.2) is 24.4 Å². The van der Waals surface area contributed by atoms with Crippen LogP contribution in [0.2, 0.25) is 5.15 Å². The number of nitrogen functional groups attached to an aromatic ring is 1. The Morgan fingerprint density at radius 2 is 2.17 bits per heavy atom. The predicted octanol–water partition coefficient (Wildman–Crippen LogP) is 3.13. The van der Waals surface area contributed by atoms with Crippen LogP contribution in [0.4, 0.5) is 5.82 Å². The smallest absolute Gasteiger partial charge is 0.254 e. The van der Waals surface area contributed by atoms with Crippen molar-refractivity contribution in [3.63, 3.8) is 0 Å². The highest BCUT2D eigenvalue weighted by Crippen LogP contribution is 2.38. The SMILES string of the molecule is C[C@@H](C1CC1)N1Cc2cc(-c3cnc(N)c(Cl)n3)ccc2C1=O. The quantitative estimate of drug-likeness (QED) is 0.939. The molecule has 1 aromatic heterocycles. The van der Waals surface area contributed by atoms with Gasteiger partial charge in [-0.2, -0.15) is 0 Å². The monoisotopic (exact) mass is 328 g/mol. The Kier molecular flexibility index (Phi) is 3.27. The summed E-state index contributed by atoms with van der Waals surface area (Å²) in [7, 11) is 0. The minimum Gasteiger partial charge on any atom is -0.381 e. The molecule has 0 radical (unpaired) electrons. The maximum atomic E-state index is 12.6. The summed E-state index contributed by atoms with van der Waals surface area (Å²) in [5.41, 5.74) is 8.98. The Hall–Kier alpha value is -2.14. The first kappa shape index (κ1) is 14.5. The lowest BCUT2D eigenvalue weighted by atomic mass is 10.0. The molecule has 4 rings (SSSR count). The lowest BCUT2D eigenvalue weighted by Crippen LogP contribution is -2.34. The summed E-state index contributed by atoms with van der Waals surface area (Å²) in [5.74, 6) is 1.01. The van der Waals surface area contributed by atoms with E-state index < -0.39 is 0 Å². The minimum absolute atomic E-state index is 0.132. The van der Waals surface area contributed by atoms with Gasteiger partial charge in [0.05, 0.1) is 11.9 Å². The van der Waals surface area contributed by atoms with Crippen LogP contribution in [0.25, 0.3) is 11.3 Å². The van der Waals surface area contributed by atoms with Crippen LogP contribution < -0.4 is 5.73 Å². The molecule has 0 unspecified atom stereocenters. The Morgan fingerprint density at radius 3 is 2.87 bits per heavy atom. The van der Waals surface area contributed by atoms with Gasteiger partial charge in [-0.25, -0.2) is 9.97 Å². The molecule has 1 aliphatic heterocycles. The molecule has 1 saturated carbocycles. The number of amides is 1. The van der Waals surface area contributed by atoms with Crippen molar-refractivity contribution in [2.45, 2.75) is 32.4 Å². The van der Waals surface area contributed by atoms with Crippen molar-refractivity contribution in [1.82, 2.24) is 14.9 Å². The number of nitrogens with two attached hydrogens (primary N) is 1. The number of carbonyl (C=O) groups excluding carboxylic acids is 1. The number of carbonyl (C=O) groups is 1. The number of anilines is 1. The molecule has 0 saturated heterocycles. The van der Waals surface area contributed by atoms with Gasteiger partial charge in [-0.05, 0) is 43.4 Å². The molecule has 2 heterocycles. The van der Waals surface area contributed by atoms with Gasteiger partial charge in [-0.1, -0.05) is 17.7 Å². The molecule has 6 heteroatoms. The highest BCUT2D eigenvalue weighted by molar-refractivity contribution is 6.31. The molecule has 1 atom stereocenters. The highest BCUT2D eigenvalue weighted by Gasteiger charge is 2.38. The van der Waals surface area contributed by atoms with Crippen LogP contribution >= 0.6 is 11.6 Å². The van der Waals surface area contributed by atoms with Crippen molar-refractivity contribution in [1.29, 1.82) is 0 Å². The fourth-order valence-electron chi connectivity index (χ4n) is 3.18. The zero-order chi connectivity index (χ0) is 16.1. The normalized spacial score (nSPS) is 18.2. The molecule has 0 spiro atoms. The summed E-state index contributed by atoms with van der Waals surface area (Å²) >= 11 is 5.95. The lowest BCUT2D eigenvalue weighted by molar-refractivity contribution is 0.0697. The van der Waals surface area contributed by atoms with Gasteiger partial charge >= 0.3 is 0 Å². The summed E-state index contributed by atoms with van der Waals surface area (Å²) < 4.78 is 0. The summed E-state index contributed by atoms with van der Waals surface area (Å²) in [6, 6.07) is 6.07. The van der Waals surface area contributed by atoms with Crippen molar-refractivity contribution < 1.29 is 4.79 Å². The van der Waals surface area contributed by atoms with Gasteiger partial charge in [-0.3, -0.25) is 4.79 Å². The summed E-state index contributed by atoms with van der Waals surface area (Å²) in [6.07, 6.45) is 4.06. The molecule has 118 valence electrons. The molecular formula is C17H17ClN4O. The largest absolute Gasteiger partial charge is 0.381 e. The van der Waals surface area contributed by atoms with E-state index in [4.69, 9.17) is 17.3 Å². The van der Waals surface area contributed by atoms with Crippen LogP contribution in [-0.2, 0) is 6.54 Å². The zero-order valence-electron chi connectivity index (χ0n) is 12.8. The predicted molar refractivity (Wildman–Crippen MR) is 88.9 cm³/mol. The molecule has 2 N–H and O–H groups in total. The zero-order valence-corrected chi connectivity index (χ0v) is 13.5. The van der Waals surface area contributed by atoms with Crippen LogP contribution in [-0.4, -0.2) is 26.8 Å². The number of benzene rings is 1. The van der Waals surface area contributed by atoms with Crippen molar-refractivity contribution in [2.24, 2.45) is 5.92 Å². The van der Waals surface area contributed by atoms with Gasteiger partial charge in [-0.15, -0.1) is 0 Å². The number of aromatic nitrogens is 2. The van der Waals surface area contributed by atoms with Crippen molar-refractivity contribution in [2.75, 3.05) is 5.73 Å². The lowest BCUT2D eigenvalue weighted by Gasteiger charge is -2.23. The van der Waals surface area contributed by atoms with Crippen molar-refractivity contribution in [3.05, 3.63) is 40.7 Å². The van der Waals surface area contributed by atoms with E-state index >= 15 is 0 Å². The van der Waals surface area contributed by atoms with Crippen molar-refractivity contribution >= 4 is 23.3 Å². The van der Waals surface area contributed by atoms with Gasteiger partial charge in [0.15, 0.2) is 11.0 Å². The average molecular weight is 329 g/mol. The van der Waals surface area contributed by atoms with E-state index in [0.717, 1.165) is 16.7 Å². The van der Waals surface area contributed by atoms with Crippen LogP contribution in [0.3, 0.4) is 0 Å². The standard InChI is InChI=1S/C17H17ClN4O/c1-9(10-2-3-10)22-8-12-6-11(4-5-13(12)17(22)23)14-7-20-16(19)15(18)21-14/h4-7,9-10H,2-3,8H2,1H3,(H2,19,20)/t9-/m0/s1. The summed E-state index contributed by atoms with van der Waals surface area (Å²) in [5, 5.41) is 0.197. The van der Waals surface area contributed by atoms with E-state index in [1.54, 1.807) is 6.20 Å². The number of nitrogens with zero attached hydrogens (tertiary/aromatic N) is 3. The number of halogens is 1. The Labute approximate surface area is 139 Å². The molecule has 1 aliphatic carbocycles. The number of fused-ring (bicyclic) bond motifs is 1. The van der Waals surface area contributed by atoms with Crippen LogP contribution in [0, 0.1) is 5.92 Å². The van der Waals surface area contributed by atoms with E-state index in [0.29, 0.717) is 24.2 Å². The second-order valence-electron chi connectivity index (χ2n) is 6.31. The Balaban J connectivity index is 1.66. The van der Waals surface area contributed by atoms with Gasteiger partial charge in [0, 0.05) is 23.7 Å². The van der Waals surface area contributed by atoms with E-state index in [1.807, 2.05) is 23.1 Å². The van der Waals surface area contributed by atoms with Gasteiger partial charge < -0.3 is 10.6 Å². The van der Waals surface area contributed by atoms with Gasteiger partial charge in [0.1, 0.15) is 0 Å². The first-order valence-corrected chi connectivity index (χ1v) is 8.14. The third-order valence-corrected chi connectivity index (χ3v) is 5.06. The topological polar surface area (TPSA) is 72.1 Å². The van der Waals surface area contributed by atoms with Crippen molar-refractivity contribution in [3.8, 4) is 11.3 Å². The first-order chi connectivity index (χ1) is 11.0. The maximum absolute atomic E-state index is 12.6. The maximum Gasteiger partial charge on any atom is 0.254 e. The molecule has 23 heavy (non-hydrogen) atoms. The van der Waals surface area contributed by atoms with E-state index in [-0.39, 0.29) is 16.9 Å². The van der Waals surface area contributed by atoms with E-state index in [9.17, 15) is 4.79 Å². The highest BCUT2D eigenvalue weighted by atomic mass is 35.5. The Bertz CT molecular complexity index is 803. The molecule has 0 bridgehead atoms. The first-order valence-electron chi connectivity index (χ1n) is 7.77.